The van der Waals surface area contributed by atoms with Gasteiger partial charge in [0.1, 0.15) is 0 Å². The summed E-state index contributed by atoms with van der Waals surface area (Å²) in [4.78, 5) is 2.18. The van der Waals surface area contributed by atoms with Gasteiger partial charge in [-0.25, -0.2) is 0 Å². The second kappa shape index (κ2) is 1.99. The molecule has 1 aromatic heterocycles. The summed E-state index contributed by atoms with van der Waals surface area (Å²) >= 11 is 5.72. The molecule has 0 fully saturated rings. The first-order valence-electron chi connectivity index (χ1n) is 2.25. The Bertz CT molecular complexity index is 173. The predicted molar refractivity (Wildman–Crippen MR) is 40.7 cm³/mol. The minimum Gasteiger partial charge on any atom is -0.391 e. The number of thiol groups is 1. The van der Waals surface area contributed by atoms with Gasteiger partial charge in [-0.1, -0.05) is 0 Å². The molecule has 8 heavy (non-hydrogen) atoms. The molecular formula is C5H7NS2. The summed E-state index contributed by atoms with van der Waals surface area (Å²) < 4.78 is 0. The van der Waals surface area contributed by atoms with E-state index < -0.39 is 0 Å². The van der Waals surface area contributed by atoms with E-state index in [1.807, 2.05) is 13.0 Å². The van der Waals surface area contributed by atoms with E-state index in [1.54, 1.807) is 11.3 Å². The van der Waals surface area contributed by atoms with Crippen molar-refractivity contribution in [2.45, 2.75) is 11.8 Å². The highest BCUT2D eigenvalue weighted by Gasteiger charge is 1.95. The molecule has 1 aromatic rings. The number of hydrogen-bond donors (Lipinski definition) is 2. The van der Waals surface area contributed by atoms with Crippen molar-refractivity contribution < 1.29 is 0 Å². The zero-order valence-corrected chi connectivity index (χ0v) is 6.22. The molecule has 44 valence electrons. The lowest BCUT2D eigenvalue weighted by Crippen LogP contribution is -1.72. The number of aryl methyl sites for hydroxylation is 1. The van der Waals surface area contributed by atoms with Gasteiger partial charge in [0.15, 0.2) is 0 Å². The van der Waals surface area contributed by atoms with Crippen molar-refractivity contribution in [1.29, 1.82) is 0 Å². The number of nitrogens with two attached hydrogens (primary N) is 1. The molecule has 0 atom stereocenters. The first-order chi connectivity index (χ1) is 3.70. The van der Waals surface area contributed by atoms with Gasteiger partial charge in [0, 0.05) is 9.77 Å². The van der Waals surface area contributed by atoms with Gasteiger partial charge in [0.25, 0.3) is 0 Å². The minimum atomic E-state index is 0.840. The third-order valence-corrected chi connectivity index (χ3v) is 2.41. The zero-order valence-electron chi connectivity index (χ0n) is 4.51. The molecule has 0 aromatic carbocycles. The number of rotatable bonds is 0. The van der Waals surface area contributed by atoms with Crippen LogP contribution < -0.4 is 5.73 Å². The molecule has 0 saturated carbocycles. The quantitative estimate of drug-likeness (QED) is 0.536. The van der Waals surface area contributed by atoms with Crippen molar-refractivity contribution in [3.05, 3.63) is 10.9 Å². The Morgan fingerprint density at radius 3 is 2.50 bits per heavy atom. The summed E-state index contributed by atoms with van der Waals surface area (Å²) in [6.07, 6.45) is 0. The second-order valence-electron chi connectivity index (χ2n) is 1.59. The van der Waals surface area contributed by atoms with Crippen LogP contribution in [0.1, 0.15) is 4.88 Å². The SMILES string of the molecule is Cc1sc(N)cc1S. The molecular weight excluding hydrogens is 138 g/mol. The highest BCUT2D eigenvalue weighted by Crippen LogP contribution is 2.25. The molecule has 0 unspecified atom stereocenters. The van der Waals surface area contributed by atoms with Crippen molar-refractivity contribution in [3.63, 3.8) is 0 Å². The molecule has 1 nitrogen and oxygen atoms in total. The lowest BCUT2D eigenvalue weighted by Gasteiger charge is -1.78. The fourth-order valence-corrected chi connectivity index (χ4v) is 1.55. The van der Waals surface area contributed by atoms with Crippen molar-refractivity contribution >= 4 is 29.0 Å². The molecule has 0 radical (unpaired) electrons. The first kappa shape index (κ1) is 5.98. The molecule has 0 amide bonds. The average molecular weight is 145 g/mol. The Labute approximate surface area is 57.9 Å². The average Bonchev–Trinajstić information content (AvgIpc) is 1.85. The third kappa shape index (κ3) is 0.980. The van der Waals surface area contributed by atoms with Crippen LogP contribution in [0.3, 0.4) is 0 Å². The Morgan fingerprint density at radius 2 is 2.38 bits per heavy atom. The maximum atomic E-state index is 5.45. The van der Waals surface area contributed by atoms with Crippen LogP contribution in [0.5, 0.6) is 0 Å². The van der Waals surface area contributed by atoms with Gasteiger partial charge in [-0.3, -0.25) is 0 Å². The lowest BCUT2D eigenvalue weighted by molar-refractivity contribution is 1.44. The third-order valence-electron chi connectivity index (χ3n) is 0.911. The van der Waals surface area contributed by atoms with Crippen molar-refractivity contribution in [1.82, 2.24) is 0 Å². The van der Waals surface area contributed by atoms with E-state index in [-0.39, 0.29) is 0 Å². The van der Waals surface area contributed by atoms with Gasteiger partial charge in [0.2, 0.25) is 0 Å². The van der Waals surface area contributed by atoms with E-state index in [1.165, 1.54) is 4.88 Å². The molecule has 0 saturated heterocycles. The van der Waals surface area contributed by atoms with Crippen LogP contribution in [0.4, 0.5) is 5.00 Å². The predicted octanol–water partition coefficient (Wildman–Crippen LogP) is 1.93. The topological polar surface area (TPSA) is 26.0 Å². The standard InChI is InChI=1S/C5H7NS2/c1-3-4(7)2-5(6)8-3/h2,7H,6H2,1H3. The number of hydrogen-bond acceptors (Lipinski definition) is 3. The van der Waals surface area contributed by atoms with E-state index in [4.69, 9.17) is 5.73 Å². The summed E-state index contributed by atoms with van der Waals surface area (Å²) in [6, 6.07) is 1.86. The molecule has 0 spiro atoms. The molecule has 2 N–H and O–H groups in total. The Hall–Kier alpha value is -0.150. The number of anilines is 1. The fraction of sp³-hybridized carbons (Fsp3) is 0.200. The van der Waals surface area contributed by atoms with Crippen LogP contribution in [0.25, 0.3) is 0 Å². The van der Waals surface area contributed by atoms with E-state index in [0.717, 1.165) is 9.90 Å². The van der Waals surface area contributed by atoms with Crippen LogP contribution in [-0.4, -0.2) is 0 Å². The summed E-state index contributed by atoms with van der Waals surface area (Å²) in [5, 5.41) is 0.840. The van der Waals surface area contributed by atoms with Crippen LogP contribution in [-0.2, 0) is 0 Å². The van der Waals surface area contributed by atoms with Crippen molar-refractivity contribution in [2.24, 2.45) is 0 Å². The summed E-state index contributed by atoms with van der Waals surface area (Å²) in [5.74, 6) is 0. The Kier molecular flexibility index (Phi) is 1.49. The van der Waals surface area contributed by atoms with Gasteiger partial charge < -0.3 is 5.73 Å². The van der Waals surface area contributed by atoms with E-state index >= 15 is 0 Å². The summed E-state index contributed by atoms with van der Waals surface area (Å²) in [6.45, 7) is 2.00. The summed E-state index contributed by atoms with van der Waals surface area (Å²) in [5.41, 5.74) is 5.45. The van der Waals surface area contributed by atoms with Gasteiger partial charge in [-0.15, -0.1) is 24.0 Å². The van der Waals surface area contributed by atoms with Crippen molar-refractivity contribution in [3.8, 4) is 0 Å². The lowest BCUT2D eigenvalue weighted by atomic mass is 10.5. The largest absolute Gasteiger partial charge is 0.391 e. The first-order valence-corrected chi connectivity index (χ1v) is 3.51. The van der Waals surface area contributed by atoms with Gasteiger partial charge in [-0.05, 0) is 13.0 Å². The van der Waals surface area contributed by atoms with Gasteiger partial charge >= 0.3 is 0 Å². The zero-order chi connectivity index (χ0) is 6.15. The number of nitrogen functional groups attached to an aromatic ring is 1. The number of thiophene rings is 1. The van der Waals surface area contributed by atoms with Gasteiger partial charge in [0.05, 0.1) is 5.00 Å². The molecule has 0 aliphatic rings. The highest BCUT2D eigenvalue weighted by atomic mass is 32.1. The second-order valence-corrected chi connectivity index (χ2v) is 3.36. The van der Waals surface area contributed by atoms with E-state index in [2.05, 4.69) is 12.6 Å². The normalized spacial score (nSPS) is 9.75. The molecule has 1 heterocycles. The van der Waals surface area contributed by atoms with Crippen molar-refractivity contribution in [2.75, 3.05) is 5.73 Å². The molecule has 0 aliphatic heterocycles. The maximum Gasteiger partial charge on any atom is 0.0870 e. The monoisotopic (exact) mass is 145 g/mol. The highest BCUT2D eigenvalue weighted by molar-refractivity contribution is 7.80. The maximum absolute atomic E-state index is 5.45. The van der Waals surface area contributed by atoms with Gasteiger partial charge in [-0.2, -0.15) is 0 Å². The minimum absolute atomic E-state index is 0.840. The van der Waals surface area contributed by atoms with Crippen LogP contribution >= 0.6 is 24.0 Å². The molecule has 3 heteroatoms. The van der Waals surface area contributed by atoms with E-state index in [0.29, 0.717) is 0 Å². The Balaban J connectivity index is 3.14. The molecule has 1 rings (SSSR count). The van der Waals surface area contributed by atoms with Crippen LogP contribution in [0, 0.1) is 6.92 Å². The summed E-state index contributed by atoms with van der Waals surface area (Å²) in [7, 11) is 0. The van der Waals surface area contributed by atoms with E-state index in [9.17, 15) is 0 Å². The Morgan fingerprint density at radius 1 is 1.75 bits per heavy atom. The van der Waals surface area contributed by atoms with Crippen LogP contribution in [0.2, 0.25) is 0 Å². The molecule has 0 aliphatic carbocycles. The smallest absolute Gasteiger partial charge is 0.0870 e. The molecule has 0 bridgehead atoms. The fourth-order valence-electron chi connectivity index (χ4n) is 0.495. The van der Waals surface area contributed by atoms with Crippen LogP contribution in [0.15, 0.2) is 11.0 Å².